The third kappa shape index (κ3) is 4.52. The van der Waals surface area contributed by atoms with E-state index in [1.54, 1.807) is 24.3 Å². The van der Waals surface area contributed by atoms with E-state index in [0.29, 0.717) is 15.2 Å². The van der Waals surface area contributed by atoms with Crippen molar-refractivity contribution in [1.82, 2.24) is 18.7 Å². The van der Waals surface area contributed by atoms with Crippen LogP contribution < -0.4 is 16.0 Å². The third-order valence-corrected chi connectivity index (χ3v) is 5.46. The molecular formula is C22H17ClF3N5O4. The largest absolute Gasteiger partial charge is 0.425 e. The molecule has 4 rings (SSSR count). The molecule has 182 valence electrons. The van der Waals surface area contributed by atoms with Crippen molar-refractivity contribution in [1.29, 1.82) is 0 Å². The number of aromatic nitrogens is 4. The maximum Gasteiger partial charge on any atom is 0.416 e. The van der Waals surface area contributed by atoms with Crippen LogP contribution in [0.15, 0.2) is 63.3 Å². The molecule has 0 unspecified atom stereocenters. The summed E-state index contributed by atoms with van der Waals surface area (Å²) in [7, 11) is 1.35. The Kier molecular flexibility index (Phi) is 6.15. The summed E-state index contributed by atoms with van der Waals surface area (Å²) in [6, 6.07) is 10.6. The van der Waals surface area contributed by atoms with Crippen molar-refractivity contribution in [3.05, 3.63) is 85.5 Å². The second-order valence-electron chi connectivity index (χ2n) is 7.54. The predicted molar refractivity (Wildman–Crippen MR) is 122 cm³/mol. The van der Waals surface area contributed by atoms with Gasteiger partial charge in [0.2, 0.25) is 0 Å². The van der Waals surface area contributed by atoms with Crippen LogP contribution in [0.3, 0.4) is 0 Å². The van der Waals surface area contributed by atoms with Gasteiger partial charge in [-0.15, -0.1) is 0 Å². The van der Waals surface area contributed by atoms with Crippen molar-refractivity contribution in [2.24, 2.45) is 12.2 Å². The molecule has 0 bridgehead atoms. The Hall–Kier alpha value is -4.06. The Labute approximate surface area is 199 Å². The van der Waals surface area contributed by atoms with E-state index in [1.807, 2.05) is 0 Å². The molecule has 1 N–H and O–H groups in total. The van der Waals surface area contributed by atoms with Crippen LogP contribution in [-0.2, 0) is 19.8 Å². The van der Waals surface area contributed by atoms with E-state index in [4.69, 9.17) is 21.5 Å². The fourth-order valence-electron chi connectivity index (χ4n) is 3.47. The summed E-state index contributed by atoms with van der Waals surface area (Å²) in [5, 5.41) is 12.6. The molecule has 9 nitrogen and oxygen atoms in total. The van der Waals surface area contributed by atoms with Crippen LogP contribution >= 0.6 is 11.6 Å². The average molecular weight is 508 g/mol. The number of halogens is 4. The smallest absolute Gasteiger partial charge is 0.416 e. The van der Waals surface area contributed by atoms with Gasteiger partial charge in [0.1, 0.15) is 5.75 Å². The summed E-state index contributed by atoms with van der Waals surface area (Å²) in [5.74, 6) is -0.456. The number of alkyl halides is 3. The first-order valence-corrected chi connectivity index (χ1v) is 10.4. The first-order valence-electron chi connectivity index (χ1n) is 10.0. The minimum atomic E-state index is -4.60. The highest BCUT2D eigenvalue weighted by Crippen LogP contribution is 2.33. The molecule has 2 aromatic carbocycles. The van der Waals surface area contributed by atoms with Gasteiger partial charge in [-0.25, -0.2) is 9.36 Å². The standard InChI is InChI=1S/C22H17ClF3N5O4/c1-12(28-34)31-19(32)17-18(29(2)21(31)33)27-20(30(17)11-13-6-8-15(23)9-7-13)35-16-5-3-4-14(10-16)22(24,25)26/h3-10,34H,11H2,1-2H3/b28-12+. The average Bonchev–Trinajstić information content (AvgIpc) is 3.16. The summed E-state index contributed by atoms with van der Waals surface area (Å²) in [5.41, 5.74) is -2.11. The zero-order chi connectivity index (χ0) is 25.5. The van der Waals surface area contributed by atoms with Crippen LogP contribution in [0.25, 0.3) is 11.2 Å². The van der Waals surface area contributed by atoms with Crippen LogP contribution in [0, 0.1) is 0 Å². The van der Waals surface area contributed by atoms with Gasteiger partial charge in [0.25, 0.3) is 5.56 Å². The van der Waals surface area contributed by atoms with Gasteiger partial charge in [-0.3, -0.25) is 13.9 Å². The highest BCUT2D eigenvalue weighted by atomic mass is 35.5. The molecule has 0 aliphatic rings. The van der Waals surface area contributed by atoms with E-state index in [1.165, 1.54) is 30.7 Å². The lowest BCUT2D eigenvalue weighted by atomic mass is 10.2. The van der Waals surface area contributed by atoms with E-state index in [0.717, 1.165) is 16.7 Å². The Morgan fingerprint density at radius 1 is 1.17 bits per heavy atom. The highest BCUT2D eigenvalue weighted by Gasteiger charge is 2.31. The molecule has 0 spiro atoms. The van der Waals surface area contributed by atoms with E-state index in [2.05, 4.69) is 10.1 Å². The zero-order valence-electron chi connectivity index (χ0n) is 18.2. The van der Waals surface area contributed by atoms with Crippen molar-refractivity contribution in [2.75, 3.05) is 0 Å². The Balaban J connectivity index is 1.97. The number of nitrogens with zero attached hydrogens (tertiary/aromatic N) is 5. The molecule has 0 amide bonds. The number of hydrogen-bond acceptors (Lipinski definition) is 6. The molecule has 0 aliphatic heterocycles. The first-order chi connectivity index (χ1) is 16.5. The van der Waals surface area contributed by atoms with Crippen LogP contribution in [0.5, 0.6) is 11.8 Å². The number of ether oxygens (including phenoxy) is 1. The van der Waals surface area contributed by atoms with Crippen molar-refractivity contribution < 1.29 is 23.1 Å². The van der Waals surface area contributed by atoms with E-state index < -0.39 is 23.0 Å². The predicted octanol–water partition coefficient (Wildman–Crippen LogP) is 4.07. The number of rotatable bonds is 4. The van der Waals surface area contributed by atoms with Crippen molar-refractivity contribution in [2.45, 2.75) is 19.6 Å². The summed E-state index contributed by atoms with van der Waals surface area (Å²) < 4.78 is 48.2. The van der Waals surface area contributed by atoms with Crippen LogP contribution in [0.4, 0.5) is 13.2 Å². The van der Waals surface area contributed by atoms with Crippen LogP contribution in [-0.4, -0.2) is 29.7 Å². The maximum atomic E-state index is 13.3. The molecule has 0 saturated heterocycles. The second kappa shape index (κ2) is 8.95. The lowest BCUT2D eigenvalue weighted by Gasteiger charge is -2.12. The Morgan fingerprint density at radius 2 is 1.86 bits per heavy atom. The summed E-state index contributed by atoms with van der Waals surface area (Å²) >= 11 is 5.95. The fraction of sp³-hybridized carbons (Fsp3) is 0.182. The molecule has 2 heterocycles. The molecule has 0 radical (unpaired) electrons. The third-order valence-electron chi connectivity index (χ3n) is 5.21. The minimum absolute atomic E-state index is 0.00469. The van der Waals surface area contributed by atoms with Crippen LogP contribution in [0.1, 0.15) is 18.1 Å². The summed E-state index contributed by atoms with van der Waals surface area (Å²) in [6.07, 6.45) is -4.60. The van der Waals surface area contributed by atoms with E-state index in [-0.39, 0.29) is 35.3 Å². The Bertz CT molecular complexity index is 1570. The fourth-order valence-corrected chi connectivity index (χ4v) is 3.59. The van der Waals surface area contributed by atoms with Gasteiger partial charge in [-0.05, 0) is 42.8 Å². The Morgan fingerprint density at radius 3 is 2.49 bits per heavy atom. The first kappa shape index (κ1) is 24.1. The molecular weight excluding hydrogens is 491 g/mol. The van der Waals surface area contributed by atoms with Gasteiger partial charge in [-0.1, -0.05) is 35.0 Å². The zero-order valence-corrected chi connectivity index (χ0v) is 19.0. The number of fused-ring (bicyclic) bond motifs is 1. The lowest BCUT2D eigenvalue weighted by Crippen LogP contribution is -2.42. The van der Waals surface area contributed by atoms with Gasteiger partial charge in [-0.2, -0.15) is 18.2 Å². The number of imidazole rings is 1. The highest BCUT2D eigenvalue weighted by molar-refractivity contribution is 6.30. The number of benzene rings is 2. The monoisotopic (exact) mass is 507 g/mol. The van der Waals surface area contributed by atoms with E-state index >= 15 is 0 Å². The molecule has 0 fully saturated rings. The number of aryl methyl sites for hydroxylation is 1. The van der Waals surface area contributed by atoms with Gasteiger partial charge in [0, 0.05) is 12.1 Å². The normalized spacial score (nSPS) is 12.3. The number of oxime groups is 1. The summed E-state index contributed by atoms with van der Waals surface area (Å²) in [4.78, 5) is 30.3. The molecule has 2 aromatic heterocycles. The molecule has 35 heavy (non-hydrogen) atoms. The number of hydrogen-bond donors (Lipinski definition) is 1. The summed E-state index contributed by atoms with van der Waals surface area (Å²) in [6.45, 7) is 1.26. The van der Waals surface area contributed by atoms with Gasteiger partial charge in [0.15, 0.2) is 17.0 Å². The molecule has 4 aromatic rings. The van der Waals surface area contributed by atoms with Crippen LogP contribution in [0.2, 0.25) is 5.02 Å². The van der Waals surface area contributed by atoms with Crippen molar-refractivity contribution in [3.8, 4) is 11.8 Å². The van der Waals surface area contributed by atoms with E-state index in [9.17, 15) is 22.8 Å². The van der Waals surface area contributed by atoms with Crippen molar-refractivity contribution >= 4 is 28.6 Å². The maximum absolute atomic E-state index is 13.3. The lowest BCUT2D eigenvalue weighted by molar-refractivity contribution is -0.137. The van der Waals surface area contributed by atoms with Gasteiger partial charge >= 0.3 is 17.9 Å². The molecule has 0 saturated carbocycles. The topological polar surface area (TPSA) is 104 Å². The molecule has 13 heteroatoms. The van der Waals surface area contributed by atoms with Crippen molar-refractivity contribution in [3.63, 3.8) is 0 Å². The molecule has 0 aliphatic carbocycles. The quantitative estimate of drug-likeness (QED) is 0.194. The minimum Gasteiger partial charge on any atom is -0.425 e. The second-order valence-corrected chi connectivity index (χ2v) is 7.97. The molecule has 0 atom stereocenters. The van der Waals surface area contributed by atoms with Gasteiger partial charge in [0.05, 0.1) is 12.1 Å². The van der Waals surface area contributed by atoms with Gasteiger partial charge < -0.3 is 9.94 Å². The SMILES string of the molecule is C/C(=N\O)n1c(=O)c2c(nc(Oc3cccc(C(F)(F)F)c3)n2Cc2ccc(Cl)cc2)n(C)c1=O.